The van der Waals surface area contributed by atoms with Gasteiger partial charge in [0.1, 0.15) is 19.0 Å². The van der Waals surface area contributed by atoms with Gasteiger partial charge >= 0.3 is 6.09 Å². The van der Waals surface area contributed by atoms with Crippen LogP contribution in [0.25, 0.3) is 0 Å². The number of carbonyl (C=O) groups excluding carboxylic acids is 1. The third kappa shape index (κ3) is 4.86. The Morgan fingerprint density at radius 1 is 1.17 bits per heavy atom. The summed E-state index contributed by atoms with van der Waals surface area (Å²) in [6, 6.07) is 14.5. The SMILES string of the molecule is C=CCOc1cccc(NC(=O)OCc2ccccc2)c1CO. The lowest BCUT2D eigenvalue weighted by atomic mass is 10.1. The van der Waals surface area contributed by atoms with Crippen LogP contribution in [-0.4, -0.2) is 17.8 Å². The molecule has 0 saturated heterocycles. The normalized spacial score (nSPS) is 9.96. The Morgan fingerprint density at radius 3 is 2.65 bits per heavy atom. The van der Waals surface area contributed by atoms with Gasteiger partial charge in [-0.25, -0.2) is 4.79 Å². The maximum absolute atomic E-state index is 11.9. The van der Waals surface area contributed by atoms with Crippen LogP contribution in [0.15, 0.2) is 61.2 Å². The molecule has 2 aromatic rings. The van der Waals surface area contributed by atoms with Crippen LogP contribution in [0.3, 0.4) is 0 Å². The Morgan fingerprint density at radius 2 is 1.96 bits per heavy atom. The molecule has 23 heavy (non-hydrogen) atoms. The first-order valence-corrected chi connectivity index (χ1v) is 7.18. The minimum Gasteiger partial charge on any atom is -0.489 e. The van der Waals surface area contributed by atoms with Gasteiger partial charge in [-0.15, -0.1) is 0 Å². The van der Waals surface area contributed by atoms with Crippen molar-refractivity contribution in [2.75, 3.05) is 11.9 Å². The Labute approximate surface area is 135 Å². The molecule has 0 heterocycles. The number of rotatable bonds is 7. The zero-order valence-electron chi connectivity index (χ0n) is 12.7. The van der Waals surface area contributed by atoms with E-state index in [4.69, 9.17) is 9.47 Å². The third-order valence-electron chi connectivity index (χ3n) is 3.10. The molecule has 0 aliphatic heterocycles. The molecule has 2 N–H and O–H groups in total. The monoisotopic (exact) mass is 313 g/mol. The number of nitrogens with one attached hydrogen (secondary N) is 1. The highest BCUT2D eigenvalue weighted by molar-refractivity contribution is 5.86. The molecular formula is C18H19NO4. The summed E-state index contributed by atoms with van der Waals surface area (Å²) < 4.78 is 10.6. The zero-order chi connectivity index (χ0) is 16.5. The molecule has 0 atom stereocenters. The summed E-state index contributed by atoms with van der Waals surface area (Å²) >= 11 is 0. The first-order chi connectivity index (χ1) is 11.2. The fourth-order valence-electron chi connectivity index (χ4n) is 2.00. The lowest BCUT2D eigenvalue weighted by Crippen LogP contribution is -2.15. The summed E-state index contributed by atoms with van der Waals surface area (Å²) in [5.74, 6) is 0.494. The quantitative estimate of drug-likeness (QED) is 0.768. The summed E-state index contributed by atoms with van der Waals surface area (Å²) in [6.45, 7) is 3.80. The Kier molecular flexibility index (Phi) is 6.20. The summed E-state index contributed by atoms with van der Waals surface area (Å²) in [7, 11) is 0. The minimum atomic E-state index is -0.593. The van der Waals surface area contributed by atoms with Crippen LogP contribution in [0.5, 0.6) is 5.75 Å². The van der Waals surface area contributed by atoms with Crippen molar-refractivity contribution in [3.63, 3.8) is 0 Å². The Balaban J connectivity index is 2.01. The number of benzene rings is 2. The highest BCUT2D eigenvalue weighted by Gasteiger charge is 2.12. The number of hydrogen-bond acceptors (Lipinski definition) is 4. The van der Waals surface area contributed by atoms with Crippen LogP contribution in [-0.2, 0) is 18.0 Å². The molecule has 0 aromatic heterocycles. The van der Waals surface area contributed by atoms with E-state index in [-0.39, 0.29) is 13.2 Å². The van der Waals surface area contributed by atoms with E-state index < -0.39 is 6.09 Å². The minimum absolute atomic E-state index is 0.174. The molecule has 0 aliphatic carbocycles. The predicted molar refractivity (Wildman–Crippen MR) is 88.3 cm³/mol. The van der Waals surface area contributed by atoms with E-state index in [1.165, 1.54) is 0 Å². The van der Waals surface area contributed by atoms with Crippen molar-refractivity contribution in [3.05, 3.63) is 72.3 Å². The smallest absolute Gasteiger partial charge is 0.411 e. The van der Waals surface area contributed by atoms with Gasteiger partial charge in [-0.05, 0) is 17.7 Å². The lowest BCUT2D eigenvalue weighted by Gasteiger charge is -2.14. The second kappa shape index (κ2) is 8.60. The number of carbonyl (C=O) groups is 1. The summed E-state index contributed by atoms with van der Waals surface area (Å²) in [5.41, 5.74) is 1.84. The van der Waals surface area contributed by atoms with Gasteiger partial charge in [0.15, 0.2) is 0 Å². The van der Waals surface area contributed by atoms with Gasteiger partial charge in [0.25, 0.3) is 0 Å². The molecule has 0 fully saturated rings. The molecular weight excluding hydrogens is 294 g/mol. The van der Waals surface area contributed by atoms with Crippen molar-refractivity contribution < 1.29 is 19.4 Å². The van der Waals surface area contributed by atoms with Crippen LogP contribution < -0.4 is 10.1 Å². The van der Waals surface area contributed by atoms with Crippen LogP contribution in [0.2, 0.25) is 0 Å². The second-order valence-corrected chi connectivity index (χ2v) is 4.73. The zero-order valence-corrected chi connectivity index (χ0v) is 12.7. The van der Waals surface area contributed by atoms with Crippen molar-refractivity contribution in [2.45, 2.75) is 13.2 Å². The van der Waals surface area contributed by atoms with Gasteiger partial charge in [0.2, 0.25) is 0 Å². The molecule has 0 aliphatic rings. The average molecular weight is 313 g/mol. The first-order valence-electron chi connectivity index (χ1n) is 7.18. The molecule has 0 unspecified atom stereocenters. The molecule has 2 aromatic carbocycles. The maximum Gasteiger partial charge on any atom is 0.411 e. The molecule has 2 rings (SSSR count). The van der Waals surface area contributed by atoms with E-state index in [0.717, 1.165) is 5.56 Å². The molecule has 120 valence electrons. The van der Waals surface area contributed by atoms with Gasteiger partial charge in [-0.3, -0.25) is 5.32 Å². The molecule has 0 bridgehead atoms. The summed E-state index contributed by atoms with van der Waals surface area (Å²) in [5, 5.41) is 12.1. The molecule has 1 amide bonds. The van der Waals surface area contributed by atoms with E-state index in [2.05, 4.69) is 11.9 Å². The van der Waals surface area contributed by atoms with Crippen molar-refractivity contribution in [3.8, 4) is 5.75 Å². The highest BCUT2D eigenvalue weighted by atomic mass is 16.5. The molecule has 0 saturated carbocycles. The molecule has 0 radical (unpaired) electrons. The van der Waals surface area contributed by atoms with E-state index in [0.29, 0.717) is 23.6 Å². The number of amides is 1. The average Bonchev–Trinajstić information content (AvgIpc) is 2.59. The third-order valence-corrected chi connectivity index (χ3v) is 3.10. The van der Waals surface area contributed by atoms with Gasteiger partial charge in [0, 0.05) is 5.56 Å². The largest absolute Gasteiger partial charge is 0.489 e. The molecule has 5 nitrogen and oxygen atoms in total. The summed E-state index contributed by atoms with van der Waals surface area (Å²) in [4.78, 5) is 11.9. The first kappa shape index (κ1) is 16.6. The number of aliphatic hydroxyl groups is 1. The predicted octanol–water partition coefficient (Wildman–Crippen LogP) is 3.49. The van der Waals surface area contributed by atoms with E-state index in [9.17, 15) is 9.90 Å². The fourth-order valence-corrected chi connectivity index (χ4v) is 2.00. The standard InChI is InChI=1S/C18H19NO4/c1-2-11-22-17-10-6-9-16(15(17)12-20)19-18(21)23-13-14-7-4-3-5-8-14/h2-10,20H,1,11-13H2,(H,19,21). The maximum atomic E-state index is 11.9. The fraction of sp³-hybridized carbons (Fsp3) is 0.167. The number of anilines is 1. The van der Waals surface area contributed by atoms with E-state index in [1.807, 2.05) is 30.3 Å². The van der Waals surface area contributed by atoms with Crippen molar-refractivity contribution in [1.82, 2.24) is 0 Å². The second-order valence-electron chi connectivity index (χ2n) is 4.73. The van der Waals surface area contributed by atoms with Crippen molar-refractivity contribution in [1.29, 1.82) is 0 Å². The Bertz CT molecular complexity index is 655. The summed E-state index contributed by atoms with van der Waals surface area (Å²) in [6.07, 6.45) is 1.01. The molecule has 0 spiro atoms. The van der Waals surface area contributed by atoms with E-state index >= 15 is 0 Å². The van der Waals surface area contributed by atoms with Crippen molar-refractivity contribution in [2.24, 2.45) is 0 Å². The highest BCUT2D eigenvalue weighted by Crippen LogP contribution is 2.27. The lowest BCUT2D eigenvalue weighted by molar-refractivity contribution is 0.155. The number of aliphatic hydroxyl groups excluding tert-OH is 1. The van der Waals surface area contributed by atoms with Crippen molar-refractivity contribution >= 4 is 11.8 Å². The van der Waals surface area contributed by atoms with Crippen LogP contribution >= 0.6 is 0 Å². The molecule has 5 heteroatoms. The van der Waals surface area contributed by atoms with Gasteiger partial charge in [0.05, 0.1) is 12.3 Å². The van der Waals surface area contributed by atoms with Gasteiger partial charge in [-0.2, -0.15) is 0 Å². The van der Waals surface area contributed by atoms with Gasteiger partial charge in [-0.1, -0.05) is 49.1 Å². The number of ether oxygens (including phenoxy) is 2. The van der Waals surface area contributed by atoms with Crippen LogP contribution in [0.1, 0.15) is 11.1 Å². The van der Waals surface area contributed by atoms with E-state index in [1.54, 1.807) is 24.3 Å². The Hall–Kier alpha value is -2.79. The van der Waals surface area contributed by atoms with Crippen LogP contribution in [0.4, 0.5) is 10.5 Å². The number of hydrogen-bond donors (Lipinski definition) is 2. The topological polar surface area (TPSA) is 67.8 Å². The van der Waals surface area contributed by atoms with Gasteiger partial charge < -0.3 is 14.6 Å². The van der Waals surface area contributed by atoms with Crippen LogP contribution in [0, 0.1) is 0 Å².